The first-order chi connectivity index (χ1) is 10.2. The van der Waals surface area contributed by atoms with Crippen molar-refractivity contribution in [1.82, 2.24) is 15.3 Å². The highest BCUT2D eigenvalue weighted by molar-refractivity contribution is 8.26. The van der Waals surface area contributed by atoms with Gasteiger partial charge in [0.1, 0.15) is 10.1 Å². The van der Waals surface area contributed by atoms with Crippen LogP contribution in [0.15, 0.2) is 47.6 Å². The fourth-order valence-corrected chi connectivity index (χ4v) is 2.73. The predicted molar refractivity (Wildman–Crippen MR) is 84.9 cm³/mol. The first-order valence-electron chi connectivity index (χ1n) is 6.00. The summed E-state index contributed by atoms with van der Waals surface area (Å²) in [4.78, 5) is 20.2. The lowest BCUT2D eigenvalue weighted by Gasteiger charge is -2.04. The first kappa shape index (κ1) is 13.7. The minimum atomic E-state index is -0.178. The normalized spacial score (nSPS) is 16.1. The van der Waals surface area contributed by atoms with E-state index in [9.17, 15) is 4.79 Å². The van der Waals surface area contributed by atoms with Gasteiger partial charge in [-0.15, -0.1) is 0 Å². The third kappa shape index (κ3) is 3.45. The number of nitrogens with zero attached hydrogens (tertiary/aromatic N) is 2. The van der Waals surface area contributed by atoms with Gasteiger partial charge in [0.15, 0.2) is 0 Å². The van der Waals surface area contributed by atoms with Crippen LogP contribution in [0.1, 0.15) is 5.56 Å². The Hall–Kier alpha value is -2.25. The summed E-state index contributed by atoms with van der Waals surface area (Å²) in [6.07, 6.45) is 4.97. The van der Waals surface area contributed by atoms with Gasteiger partial charge < -0.3 is 10.1 Å². The lowest BCUT2D eigenvalue weighted by atomic mass is 10.2. The Kier molecular flexibility index (Phi) is 3.94. The molecule has 0 aliphatic carbocycles. The van der Waals surface area contributed by atoms with Crippen LogP contribution in [0, 0.1) is 0 Å². The van der Waals surface area contributed by atoms with Crippen molar-refractivity contribution in [3.63, 3.8) is 0 Å². The molecule has 2 heterocycles. The van der Waals surface area contributed by atoms with Crippen LogP contribution in [0.3, 0.4) is 0 Å². The molecule has 1 fully saturated rings. The fourth-order valence-electron chi connectivity index (χ4n) is 1.68. The SMILES string of the molecule is O=C1NC(=S)SC1=Cc1cccc(Oc2ncccn2)c1. The number of rotatable bonds is 3. The van der Waals surface area contributed by atoms with Gasteiger partial charge in [-0.1, -0.05) is 36.1 Å². The van der Waals surface area contributed by atoms with Crippen LogP contribution in [0.2, 0.25) is 0 Å². The van der Waals surface area contributed by atoms with Gasteiger partial charge in [0.05, 0.1) is 4.91 Å². The number of nitrogens with one attached hydrogen (secondary N) is 1. The van der Waals surface area contributed by atoms with Crippen molar-refractivity contribution < 1.29 is 9.53 Å². The molecule has 7 heteroatoms. The van der Waals surface area contributed by atoms with Crippen LogP contribution < -0.4 is 10.1 Å². The maximum atomic E-state index is 11.6. The van der Waals surface area contributed by atoms with Crippen molar-refractivity contribution >= 4 is 40.3 Å². The molecule has 1 aliphatic heterocycles. The number of hydrogen-bond donors (Lipinski definition) is 1. The summed E-state index contributed by atoms with van der Waals surface area (Å²) in [7, 11) is 0. The molecule has 1 aromatic carbocycles. The van der Waals surface area contributed by atoms with E-state index in [-0.39, 0.29) is 11.9 Å². The summed E-state index contributed by atoms with van der Waals surface area (Å²) in [5.74, 6) is 0.421. The monoisotopic (exact) mass is 315 g/mol. The average Bonchev–Trinajstić information content (AvgIpc) is 2.78. The van der Waals surface area contributed by atoms with Crippen LogP contribution in [-0.4, -0.2) is 20.2 Å². The molecule has 1 N–H and O–H groups in total. The molecule has 3 rings (SSSR count). The maximum absolute atomic E-state index is 11.6. The second kappa shape index (κ2) is 6.02. The summed E-state index contributed by atoms with van der Waals surface area (Å²) in [5, 5.41) is 2.58. The molecule has 104 valence electrons. The van der Waals surface area contributed by atoms with E-state index in [0.29, 0.717) is 15.0 Å². The van der Waals surface area contributed by atoms with E-state index in [1.54, 1.807) is 36.7 Å². The van der Waals surface area contributed by atoms with Gasteiger partial charge in [-0.2, -0.15) is 0 Å². The zero-order valence-corrected chi connectivity index (χ0v) is 12.3. The van der Waals surface area contributed by atoms with Crippen LogP contribution in [0.5, 0.6) is 11.8 Å². The summed E-state index contributed by atoms with van der Waals surface area (Å²) in [5.41, 5.74) is 0.839. The van der Waals surface area contributed by atoms with Gasteiger partial charge in [-0.05, 0) is 29.8 Å². The molecule has 5 nitrogen and oxygen atoms in total. The van der Waals surface area contributed by atoms with Crippen LogP contribution >= 0.6 is 24.0 Å². The van der Waals surface area contributed by atoms with E-state index in [4.69, 9.17) is 17.0 Å². The van der Waals surface area contributed by atoms with Crippen LogP contribution in [0.25, 0.3) is 6.08 Å². The standard InChI is InChI=1S/C14H9N3O2S2/c18-12-11(21-14(20)17-12)8-9-3-1-4-10(7-9)19-13-15-5-2-6-16-13/h1-8H,(H,17,18,20). The number of carbonyl (C=O) groups excluding carboxylic acids is 1. The second-order valence-corrected chi connectivity index (χ2v) is 5.78. The van der Waals surface area contributed by atoms with Crippen molar-refractivity contribution in [1.29, 1.82) is 0 Å². The average molecular weight is 315 g/mol. The lowest BCUT2D eigenvalue weighted by molar-refractivity contribution is -0.115. The Balaban J connectivity index is 1.82. The van der Waals surface area contributed by atoms with E-state index >= 15 is 0 Å². The van der Waals surface area contributed by atoms with Crippen molar-refractivity contribution in [2.75, 3.05) is 0 Å². The third-order valence-electron chi connectivity index (χ3n) is 2.55. The summed E-state index contributed by atoms with van der Waals surface area (Å²) < 4.78 is 6.02. The Morgan fingerprint density at radius 2 is 2.05 bits per heavy atom. The molecule has 1 saturated heterocycles. The number of hydrogen-bond acceptors (Lipinski definition) is 6. The number of aromatic nitrogens is 2. The molecular weight excluding hydrogens is 306 g/mol. The van der Waals surface area contributed by atoms with Crippen LogP contribution in [0.4, 0.5) is 0 Å². The zero-order valence-electron chi connectivity index (χ0n) is 10.6. The molecule has 0 radical (unpaired) electrons. The largest absolute Gasteiger partial charge is 0.424 e. The van der Waals surface area contributed by atoms with E-state index in [2.05, 4.69) is 15.3 Å². The maximum Gasteiger partial charge on any atom is 0.321 e. The lowest BCUT2D eigenvalue weighted by Crippen LogP contribution is -2.17. The number of ether oxygens (including phenoxy) is 1. The number of thioether (sulfide) groups is 1. The van der Waals surface area contributed by atoms with Gasteiger partial charge in [0, 0.05) is 12.4 Å². The van der Waals surface area contributed by atoms with Crippen LogP contribution in [-0.2, 0) is 4.79 Å². The Morgan fingerprint density at radius 3 is 2.76 bits per heavy atom. The molecule has 1 aromatic heterocycles. The zero-order chi connectivity index (χ0) is 14.7. The van der Waals surface area contributed by atoms with E-state index < -0.39 is 0 Å². The Bertz CT molecular complexity index is 732. The highest BCUT2D eigenvalue weighted by Crippen LogP contribution is 2.27. The number of thiocarbonyl (C=S) groups is 1. The highest BCUT2D eigenvalue weighted by atomic mass is 32.2. The summed E-state index contributed by atoms with van der Waals surface area (Å²) in [6.45, 7) is 0. The van der Waals surface area contributed by atoms with Gasteiger partial charge in [-0.3, -0.25) is 4.79 Å². The van der Waals surface area contributed by atoms with E-state index in [0.717, 1.165) is 5.56 Å². The molecule has 0 spiro atoms. The summed E-state index contributed by atoms with van der Waals surface area (Å²) in [6, 6.07) is 9.30. The molecule has 1 aliphatic rings. The smallest absolute Gasteiger partial charge is 0.321 e. The molecular formula is C14H9N3O2S2. The summed E-state index contributed by atoms with van der Waals surface area (Å²) >= 11 is 6.20. The quantitative estimate of drug-likeness (QED) is 0.694. The number of carbonyl (C=O) groups is 1. The molecule has 0 saturated carbocycles. The minimum absolute atomic E-state index is 0.178. The third-order valence-corrected chi connectivity index (χ3v) is 3.71. The molecule has 2 aromatic rings. The molecule has 1 amide bonds. The van der Waals surface area contributed by atoms with Crippen molar-refractivity contribution in [2.45, 2.75) is 0 Å². The molecule has 0 bridgehead atoms. The fraction of sp³-hybridized carbons (Fsp3) is 0. The van der Waals surface area contributed by atoms with Crippen molar-refractivity contribution in [3.8, 4) is 11.8 Å². The molecule has 0 atom stereocenters. The molecule has 0 unspecified atom stereocenters. The van der Waals surface area contributed by atoms with E-state index in [1.165, 1.54) is 11.8 Å². The van der Waals surface area contributed by atoms with Gasteiger partial charge in [0.25, 0.3) is 5.91 Å². The van der Waals surface area contributed by atoms with Gasteiger partial charge in [0.2, 0.25) is 0 Å². The first-order valence-corrected chi connectivity index (χ1v) is 7.23. The van der Waals surface area contributed by atoms with Crippen molar-refractivity contribution in [2.24, 2.45) is 0 Å². The second-order valence-electron chi connectivity index (χ2n) is 4.06. The van der Waals surface area contributed by atoms with Gasteiger partial charge >= 0.3 is 6.01 Å². The molecule has 21 heavy (non-hydrogen) atoms. The minimum Gasteiger partial charge on any atom is -0.424 e. The van der Waals surface area contributed by atoms with Crippen molar-refractivity contribution in [3.05, 3.63) is 53.2 Å². The van der Waals surface area contributed by atoms with E-state index in [1.807, 2.05) is 12.1 Å². The predicted octanol–water partition coefficient (Wildman–Crippen LogP) is 2.76. The number of benzene rings is 1. The topological polar surface area (TPSA) is 64.1 Å². The number of amides is 1. The Labute approximate surface area is 130 Å². The van der Waals surface area contributed by atoms with Gasteiger partial charge in [-0.25, -0.2) is 9.97 Å². The highest BCUT2D eigenvalue weighted by Gasteiger charge is 2.21. The Morgan fingerprint density at radius 1 is 1.24 bits per heavy atom.